The van der Waals surface area contributed by atoms with Gasteiger partial charge in [-0.3, -0.25) is 19.2 Å². The monoisotopic (exact) mass is 691 g/mol. The molecule has 2 aliphatic heterocycles. The van der Waals surface area contributed by atoms with Crippen LogP contribution in [-0.2, 0) is 20.6 Å². The second kappa shape index (κ2) is 11.4. The number of aryl methyl sites for hydroxylation is 1. The Hall–Kier alpha value is -4.36. The van der Waals surface area contributed by atoms with Crippen LogP contribution in [0.25, 0.3) is 0 Å². The number of carbonyl (C=O) groups excluding carboxylic acids is 3. The number of thioether (sulfide) groups is 1. The average molecular weight is 692 g/mol. The first-order valence-electron chi connectivity index (χ1n) is 15.5. The summed E-state index contributed by atoms with van der Waals surface area (Å²) in [6.07, 6.45) is -4.15. The molecule has 2 aliphatic carbocycles. The number of para-hydroxylation sites is 2. The summed E-state index contributed by atoms with van der Waals surface area (Å²) < 4.78 is 47.8. The fourth-order valence-electron chi connectivity index (χ4n) is 8.38. The van der Waals surface area contributed by atoms with E-state index in [1.165, 1.54) is 30.0 Å². The lowest BCUT2D eigenvalue weighted by Gasteiger charge is -2.43. The summed E-state index contributed by atoms with van der Waals surface area (Å²) in [6, 6.07) is 19.4. The molecule has 3 amide bonds. The molecule has 4 aromatic rings. The topological polar surface area (TPSA) is 109 Å². The molecular weight excluding hydrogens is 664 g/mol. The van der Waals surface area contributed by atoms with Gasteiger partial charge in [0, 0.05) is 21.7 Å². The molecule has 2 N–H and O–H groups in total. The van der Waals surface area contributed by atoms with Gasteiger partial charge in [0.05, 0.1) is 28.1 Å². The van der Waals surface area contributed by atoms with E-state index < -0.39 is 41.1 Å². The number of halogens is 3. The SMILES string of the molecule is Cc1ccccc1NC(=O)COc1cccc([C@H]2c3sc(=O)[nH]c3SC3C2[C@H]2C[C@@H]3C3C(=O)N(c4ccccc4C(F)(F)F)C(=O)C32)c1. The molecule has 3 heterocycles. The van der Waals surface area contributed by atoms with E-state index in [4.69, 9.17) is 4.74 Å². The molecule has 3 fully saturated rings. The van der Waals surface area contributed by atoms with Gasteiger partial charge in [-0.05, 0) is 72.6 Å². The lowest BCUT2D eigenvalue weighted by molar-refractivity contribution is -0.137. The fourth-order valence-corrected chi connectivity index (χ4v) is 11.3. The summed E-state index contributed by atoms with van der Waals surface area (Å²) in [5.74, 6) is -3.56. The van der Waals surface area contributed by atoms with Crippen molar-refractivity contribution < 1.29 is 32.3 Å². The highest BCUT2D eigenvalue weighted by Crippen LogP contribution is 2.69. The average Bonchev–Trinajstić information content (AvgIpc) is 3.79. The predicted molar refractivity (Wildman–Crippen MR) is 174 cm³/mol. The zero-order chi connectivity index (χ0) is 33.5. The zero-order valence-electron chi connectivity index (χ0n) is 25.3. The largest absolute Gasteiger partial charge is 0.484 e. The minimum Gasteiger partial charge on any atom is -0.484 e. The van der Waals surface area contributed by atoms with Crippen molar-refractivity contribution in [3.05, 3.63) is 104 Å². The molecule has 3 aromatic carbocycles. The zero-order valence-corrected chi connectivity index (χ0v) is 27.0. The van der Waals surface area contributed by atoms with E-state index in [1.807, 2.05) is 49.4 Å². The molecule has 2 bridgehead atoms. The van der Waals surface area contributed by atoms with Crippen LogP contribution < -0.4 is 19.8 Å². The number of thiazole rings is 1. The summed E-state index contributed by atoms with van der Waals surface area (Å²) in [5.41, 5.74) is 0.991. The Kier molecular flexibility index (Phi) is 7.33. The maximum Gasteiger partial charge on any atom is 0.418 e. The van der Waals surface area contributed by atoms with Gasteiger partial charge in [-0.15, -0.1) is 11.8 Å². The van der Waals surface area contributed by atoms with E-state index in [9.17, 15) is 32.3 Å². The first-order valence-corrected chi connectivity index (χ1v) is 17.2. The molecule has 8 nitrogen and oxygen atoms in total. The van der Waals surface area contributed by atoms with Gasteiger partial charge < -0.3 is 15.0 Å². The number of fused-ring (bicyclic) bond motifs is 9. The Bertz CT molecular complexity index is 2040. The van der Waals surface area contributed by atoms with Crippen LogP contribution in [0.15, 0.2) is 82.6 Å². The van der Waals surface area contributed by atoms with E-state index in [0.29, 0.717) is 22.9 Å². The van der Waals surface area contributed by atoms with Crippen molar-refractivity contribution in [2.24, 2.45) is 29.6 Å². The molecule has 2 saturated carbocycles. The number of aromatic nitrogens is 1. The molecule has 4 unspecified atom stereocenters. The maximum atomic E-state index is 14.0. The second-order valence-corrected chi connectivity index (χ2v) is 14.9. The molecule has 48 heavy (non-hydrogen) atoms. The highest BCUT2D eigenvalue weighted by molar-refractivity contribution is 8.00. The third-order valence-corrected chi connectivity index (χ3v) is 12.8. The molecule has 1 aromatic heterocycles. The lowest BCUT2D eigenvalue weighted by atomic mass is 9.68. The van der Waals surface area contributed by atoms with Gasteiger partial charge in [0.1, 0.15) is 5.75 Å². The Morgan fingerprint density at radius 2 is 1.71 bits per heavy atom. The van der Waals surface area contributed by atoms with Gasteiger partial charge in [-0.25, -0.2) is 4.90 Å². The summed E-state index contributed by atoms with van der Waals surface area (Å²) in [7, 11) is 0. The quantitative estimate of drug-likeness (QED) is 0.225. The van der Waals surface area contributed by atoms with Crippen molar-refractivity contribution in [2.75, 3.05) is 16.8 Å². The van der Waals surface area contributed by atoms with E-state index in [2.05, 4.69) is 10.3 Å². The number of imide groups is 1. The minimum atomic E-state index is -4.74. The number of nitrogens with zero attached hydrogens (tertiary/aromatic N) is 1. The molecule has 0 spiro atoms. The lowest BCUT2D eigenvalue weighted by Crippen LogP contribution is -2.42. The van der Waals surface area contributed by atoms with Crippen LogP contribution in [0.4, 0.5) is 24.5 Å². The highest BCUT2D eigenvalue weighted by Gasteiger charge is 2.70. The van der Waals surface area contributed by atoms with Crippen molar-refractivity contribution in [3.63, 3.8) is 0 Å². The third-order valence-electron chi connectivity index (χ3n) is 10.2. The van der Waals surface area contributed by atoms with Crippen molar-refractivity contribution in [3.8, 4) is 5.75 Å². The third kappa shape index (κ3) is 4.89. The number of benzene rings is 3. The van der Waals surface area contributed by atoms with E-state index in [0.717, 1.165) is 38.3 Å². The predicted octanol–water partition coefficient (Wildman–Crippen LogP) is 6.46. The molecule has 0 radical (unpaired) electrons. The van der Waals surface area contributed by atoms with E-state index in [-0.39, 0.29) is 46.3 Å². The Morgan fingerprint density at radius 1 is 0.979 bits per heavy atom. The van der Waals surface area contributed by atoms with E-state index >= 15 is 0 Å². The van der Waals surface area contributed by atoms with Crippen LogP contribution in [0.2, 0.25) is 0 Å². The number of hydrogen-bond acceptors (Lipinski definition) is 7. The molecule has 4 aliphatic rings. The number of ether oxygens (including phenoxy) is 1. The number of amides is 3. The number of anilines is 2. The molecule has 1 saturated heterocycles. The molecule has 7 atom stereocenters. The first kappa shape index (κ1) is 30.9. The van der Waals surface area contributed by atoms with Crippen LogP contribution in [-0.4, -0.2) is 34.6 Å². The number of rotatable bonds is 6. The van der Waals surface area contributed by atoms with E-state index in [1.54, 1.807) is 6.07 Å². The number of carbonyl (C=O) groups is 3. The van der Waals surface area contributed by atoms with Crippen LogP contribution in [0.3, 0.4) is 0 Å². The Labute approximate surface area is 280 Å². The van der Waals surface area contributed by atoms with Crippen LogP contribution in [0.1, 0.15) is 33.9 Å². The van der Waals surface area contributed by atoms with Gasteiger partial charge in [0.25, 0.3) is 5.91 Å². The van der Waals surface area contributed by atoms with Gasteiger partial charge in [0.2, 0.25) is 11.8 Å². The van der Waals surface area contributed by atoms with Gasteiger partial charge in [0.15, 0.2) is 6.61 Å². The van der Waals surface area contributed by atoms with Crippen molar-refractivity contribution in [1.29, 1.82) is 0 Å². The highest BCUT2D eigenvalue weighted by atomic mass is 32.2. The standard InChI is InChI=1S/C35H28F3N3O5S2/c1-16-7-2-4-11-22(16)39-24(42)15-46-18-9-6-8-17(13-18)25-26-19-14-20(29(26)47-31-30(25)48-34(45)40-31)28-27(19)32(43)41(33(28)44)23-12-5-3-10-21(23)35(36,37)38/h2-13,19-20,25-29H,14-15H2,1H3,(H,39,42)(H,40,45)/t19-,20-,25-,26?,27?,28?,29?/m1/s1. The minimum absolute atomic E-state index is 0.141. The van der Waals surface area contributed by atoms with Crippen molar-refractivity contribution in [1.82, 2.24) is 4.98 Å². The number of alkyl halides is 3. The smallest absolute Gasteiger partial charge is 0.418 e. The second-order valence-electron chi connectivity index (χ2n) is 12.7. The van der Waals surface area contributed by atoms with Crippen molar-refractivity contribution >= 4 is 52.2 Å². The molecule has 13 heteroatoms. The molecule has 8 rings (SSSR count). The fraction of sp³-hybridized carbons (Fsp3) is 0.314. The number of hydrogen-bond donors (Lipinski definition) is 2. The number of aromatic amines is 1. The number of nitrogens with one attached hydrogen (secondary N) is 2. The molecule has 246 valence electrons. The number of H-pyrrole nitrogens is 1. The Morgan fingerprint density at radius 3 is 2.48 bits per heavy atom. The summed E-state index contributed by atoms with van der Waals surface area (Å²) >= 11 is 2.60. The molecular formula is C35H28F3N3O5S2. The normalized spacial score (nSPS) is 27.1. The van der Waals surface area contributed by atoms with Crippen LogP contribution in [0, 0.1) is 36.5 Å². The first-order chi connectivity index (χ1) is 23.0. The summed E-state index contributed by atoms with van der Waals surface area (Å²) in [6.45, 7) is 1.67. The summed E-state index contributed by atoms with van der Waals surface area (Å²) in [5, 5.41) is 3.42. The van der Waals surface area contributed by atoms with Gasteiger partial charge in [-0.2, -0.15) is 13.2 Å². The van der Waals surface area contributed by atoms with Crippen molar-refractivity contribution in [2.45, 2.75) is 35.7 Å². The Balaban J connectivity index is 1.10. The maximum absolute atomic E-state index is 14.0. The van der Waals surface area contributed by atoms with Gasteiger partial charge in [-0.1, -0.05) is 53.8 Å². The van der Waals surface area contributed by atoms with Crippen LogP contribution in [0.5, 0.6) is 5.75 Å². The van der Waals surface area contributed by atoms with Gasteiger partial charge >= 0.3 is 11.0 Å². The van der Waals surface area contributed by atoms with Crippen LogP contribution >= 0.6 is 23.1 Å². The summed E-state index contributed by atoms with van der Waals surface area (Å²) in [4.78, 5) is 57.5.